The Balaban J connectivity index is 1.71. The predicted octanol–water partition coefficient (Wildman–Crippen LogP) is 3.67. The summed E-state index contributed by atoms with van der Waals surface area (Å²) < 4.78 is 0.844. The smallest absolute Gasteiger partial charge is 0.100 e. The predicted molar refractivity (Wildman–Crippen MR) is 73.8 cm³/mol. The molecule has 2 aromatic rings. The van der Waals surface area contributed by atoms with Gasteiger partial charge in [0.25, 0.3) is 0 Å². The van der Waals surface area contributed by atoms with Crippen LogP contribution in [-0.4, -0.2) is 6.54 Å². The van der Waals surface area contributed by atoms with Gasteiger partial charge >= 0.3 is 0 Å². The average Bonchev–Trinajstić information content (AvgIpc) is 2.93. The zero-order chi connectivity index (χ0) is 12.1. The van der Waals surface area contributed by atoms with Gasteiger partial charge in [-0.25, -0.2) is 0 Å². The third-order valence-electron chi connectivity index (χ3n) is 2.26. The summed E-state index contributed by atoms with van der Waals surface area (Å²) in [6.45, 7) is 1.75. The topological polar surface area (TPSA) is 35.8 Å². The molecule has 5 heteroatoms. The second-order valence-corrected chi connectivity index (χ2v) is 6.34. The Morgan fingerprint density at radius 1 is 1.35 bits per heavy atom. The van der Waals surface area contributed by atoms with Crippen molar-refractivity contribution in [1.82, 2.24) is 5.32 Å². The number of thiophene rings is 2. The Morgan fingerprint density at radius 2 is 2.24 bits per heavy atom. The van der Waals surface area contributed by atoms with Crippen molar-refractivity contribution in [3.05, 3.63) is 43.2 Å². The van der Waals surface area contributed by atoms with Gasteiger partial charge in [0.05, 0.1) is 9.90 Å². The molecule has 0 aliphatic heterocycles. The SMILES string of the molecule is N#Cc1csc(CNCCc2ccc(Cl)s2)c1. The quantitative estimate of drug-likeness (QED) is 0.850. The molecule has 0 unspecified atom stereocenters. The highest BCUT2D eigenvalue weighted by molar-refractivity contribution is 7.16. The molecule has 0 fully saturated rings. The van der Waals surface area contributed by atoms with E-state index in [9.17, 15) is 0 Å². The molecule has 2 heterocycles. The Labute approximate surface area is 113 Å². The Morgan fingerprint density at radius 3 is 2.88 bits per heavy atom. The van der Waals surface area contributed by atoms with Crippen LogP contribution in [0.3, 0.4) is 0 Å². The molecule has 0 amide bonds. The highest BCUT2D eigenvalue weighted by Gasteiger charge is 2.00. The highest BCUT2D eigenvalue weighted by Crippen LogP contribution is 2.21. The van der Waals surface area contributed by atoms with E-state index < -0.39 is 0 Å². The summed E-state index contributed by atoms with van der Waals surface area (Å²) in [4.78, 5) is 2.50. The molecule has 0 aliphatic carbocycles. The summed E-state index contributed by atoms with van der Waals surface area (Å²) in [7, 11) is 0. The van der Waals surface area contributed by atoms with Crippen LogP contribution in [0.25, 0.3) is 0 Å². The standard InChI is InChI=1S/C12H11ClN2S2/c13-12-2-1-10(17-12)3-4-15-7-11-5-9(6-14)8-16-11/h1-2,5,8,15H,3-4,7H2. The lowest BCUT2D eigenvalue weighted by Gasteiger charge is -2.00. The van der Waals surface area contributed by atoms with Gasteiger partial charge in [-0.15, -0.1) is 22.7 Å². The van der Waals surface area contributed by atoms with Gasteiger partial charge < -0.3 is 5.32 Å². The zero-order valence-electron chi connectivity index (χ0n) is 9.07. The van der Waals surface area contributed by atoms with Gasteiger partial charge in [-0.05, 0) is 24.6 Å². The number of hydrogen-bond acceptors (Lipinski definition) is 4. The van der Waals surface area contributed by atoms with E-state index in [4.69, 9.17) is 16.9 Å². The molecular formula is C12H11ClN2S2. The van der Waals surface area contributed by atoms with Gasteiger partial charge in [0, 0.05) is 28.2 Å². The lowest BCUT2D eigenvalue weighted by atomic mass is 10.3. The second-order valence-electron chi connectivity index (χ2n) is 3.55. The van der Waals surface area contributed by atoms with E-state index in [0.717, 1.165) is 29.4 Å². The van der Waals surface area contributed by atoms with Crippen LogP contribution in [0.15, 0.2) is 23.6 Å². The van der Waals surface area contributed by atoms with E-state index in [-0.39, 0.29) is 0 Å². The van der Waals surface area contributed by atoms with Crippen LogP contribution in [0, 0.1) is 11.3 Å². The van der Waals surface area contributed by atoms with Crippen molar-refractivity contribution in [3.8, 4) is 6.07 Å². The minimum absolute atomic E-state index is 0.747. The molecule has 2 nitrogen and oxygen atoms in total. The molecule has 0 saturated carbocycles. The second kappa shape index (κ2) is 6.18. The van der Waals surface area contributed by atoms with Crippen LogP contribution >= 0.6 is 34.3 Å². The van der Waals surface area contributed by atoms with E-state index in [1.807, 2.05) is 17.5 Å². The van der Waals surface area contributed by atoms with Crippen LogP contribution in [0.2, 0.25) is 4.34 Å². The molecule has 0 atom stereocenters. The first kappa shape index (κ1) is 12.6. The van der Waals surface area contributed by atoms with Crippen molar-refractivity contribution in [2.24, 2.45) is 0 Å². The van der Waals surface area contributed by atoms with E-state index >= 15 is 0 Å². The van der Waals surface area contributed by atoms with Crippen LogP contribution in [-0.2, 0) is 13.0 Å². The van der Waals surface area contributed by atoms with Gasteiger partial charge in [-0.1, -0.05) is 11.6 Å². The molecule has 0 aliphatic rings. The van der Waals surface area contributed by atoms with Crippen LogP contribution < -0.4 is 5.32 Å². The maximum atomic E-state index is 8.70. The molecule has 88 valence electrons. The molecule has 17 heavy (non-hydrogen) atoms. The molecule has 0 saturated heterocycles. The van der Waals surface area contributed by atoms with E-state index in [2.05, 4.69) is 17.5 Å². The number of hydrogen-bond donors (Lipinski definition) is 1. The zero-order valence-corrected chi connectivity index (χ0v) is 11.5. The van der Waals surface area contributed by atoms with Crippen molar-refractivity contribution in [2.75, 3.05) is 6.54 Å². The fourth-order valence-electron chi connectivity index (χ4n) is 1.44. The minimum Gasteiger partial charge on any atom is -0.311 e. The van der Waals surface area contributed by atoms with Gasteiger partial charge in [0.1, 0.15) is 6.07 Å². The molecule has 1 N–H and O–H groups in total. The molecule has 0 radical (unpaired) electrons. The summed E-state index contributed by atoms with van der Waals surface area (Å²) in [5, 5.41) is 13.9. The number of nitriles is 1. The van der Waals surface area contributed by atoms with Gasteiger partial charge in [0.15, 0.2) is 0 Å². The van der Waals surface area contributed by atoms with Crippen molar-refractivity contribution in [3.63, 3.8) is 0 Å². The van der Waals surface area contributed by atoms with E-state index in [1.165, 1.54) is 9.75 Å². The third-order valence-corrected chi connectivity index (χ3v) is 4.49. The maximum Gasteiger partial charge on any atom is 0.100 e. The highest BCUT2D eigenvalue weighted by atomic mass is 35.5. The van der Waals surface area contributed by atoms with Crippen molar-refractivity contribution in [1.29, 1.82) is 5.26 Å². The molecule has 2 rings (SSSR count). The first-order chi connectivity index (χ1) is 8.28. The summed E-state index contributed by atoms with van der Waals surface area (Å²) in [5.41, 5.74) is 0.747. The summed E-state index contributed by atoms with van der Waals surface area (Å²) in [6.07, 6.45) is 0.994. The first-order valence-corrected chi connectivity index (χ1v) is 7.28. The maximum absolute atomic E-state index is 8.70. The Kier molecular flexibility index (Phi) is 4.57. The average molecular weight is 283 g/mol. The Hall–Kier alpha value is -0.860. The number of halogens is 1. The lowest BCUT2D eigenvalue weighted by Crippen LogP contribution is -2.15. The fourth-order valence-corrected chi connectivity index (χ4v) is 3.31. The number of rotatable bonds is 5. The lowest BCUT2D eigenvalue weighted by molar-refractivity contribution is 0.697. The molecule has 0 aromatic carbocycles. The van der Waals surface area contributed by atoms with Gasteiger partial charge in [-0.3, -0.25) is 0 Å². The normalized spacial score (nSPS) is 10.4. The molecular weight excluding hydrogens is 272 g/mol. The van der Waals surface area contributed by atoms with Gasteiger partial charge in [0.2, 0.25) is 0 Å². The van der Waals surface area contributed by atoms with Crippen LogP contribution in [0.5, 0.6) is 0 Å². The summed E-state index contributed by atoms with van der Waals surface area (Å²) >= 11 is 9.10. The van der Waals surface area contributed by atoms with Crippen molar-refractivity contribution in [2.45, 2.75) is 13.0 Å². The van der Waals surface area contributed by atoms with Crippen molar-refractivity contribution >= 4 is 34.3 Å². The third kappa shape index (κ3) is 3.83. The van der Waals surface area contributed by atoms with Crippen LogP contribution in [0.4, 0.5) is 0 Å². The Bertz CT molecular complexity index is 525. The monoisotopic (exact) mass is 282 g/mol. The molecule has 0 spiro atoms. The number of nitrogens with zero attached hydrogens (tertiary/aromatic N) is 1. The van der Waals surface area contributed by atoms with E-state index in [0.29, 0.717) is 0 Å². The minimum atomic E-state index is 0.747. The fraction of sp³-hybridized carbons (Fsp3) is 0.250. The van der Waals surface area contributed by atoms with Crippen molar-refractivity contribution < 1.29 is 0 Å². The summed E-state index contributed by atoms with van der Waals surface area (Å²) in [6, 6.07) is 8.06. The van der Waals surface area contributed by atoms with Gasteiger partial charge in [-0.2, -0.15) is 5.26 Å². The molecule has 2 aromatic heterocycles. The number of nitrogens with one attached hydrogen (secondary N) is 1. The summed E-state index contributed by atoms with van der Waals surface area (Å²) in [5.74, 6) is 0. The van der Waals surface area contributed by atoms with E-state index in [1.54, 1.807) is 22.7 Å². The molecule has 0 bridgehead atoms. The largest absolute Gasteiger partial charge is 0.311 e. The first-order valence-electron chi connectivity index (χ1n) is 5.20. The van der Waals surface area contributed by atoms with Crippen LogP contribution in [0.1, 0.15) is 15.3 Å².